The third-order valence-electron chi connectivity index (χ3n) is 5.00. The number of nitrogens with zero attached hydrogens (tertiary/aromatic N) is 1. The van der Waals surface area contributed by atoms with Crippen molar-refractivity contribution in [3.8, 4) is 5.75 Å². The van der Waals surface area contributed by atoms with Crippen molar-refractivity contribution in [2.75, 3.05) is 30.3 Å². The van der Waals surface area contributed by atoms with Gasteiger partial charge in [0.05, 0.1) is 6.54 Å². The summed E-state index contributed by atoms with van der Waals surface area (Å²) >= 11 is 0. The fourth-order valence-corrected chi connectivity index (χ4v) is 3.22. The number of anilines is 2. The molecule has 3 rings (SSSR count). The molecular weight excluding hydrogens is 402 g/mol. The highest BCUT2D eigenvalue weighted by atomic mass is 16.5. The van der Waals surface area contributed by atoms with Crippen molar-refractivity contribution < 1.29 is 14.3 Å². The first-order valence-electron chi connectivity index (χ1n) is 10.8. The fourth-order valence-electron chi connectivity index (χ4n) is 3.22. The topological polar surface area (TPSA) is 70.7 Å². The monoisotopic (exact) mass is 431 g/mol. The SMILES string of the molecule is CCN(CC)C(=O)c1cccc(NC(=O)CNc2ccc(OCc3ccccc3)cc2)c1. The predicted molar refractivity (Wildman–Crippen MR) is 128 cm³/mol. The molecule has 0 aliphatic heterocycles. The molecule has 0 atom stereocenters. The van der Waals surface area contributed by atoms with Gasteiger partial charge in [0.15, 0.2) is 0 Å². The quantitative estimate of drug-likeness (QED) is 0.484. The Bertz CT molecular complexity index is 1020. The summed E-state index contributed by atoms with van der Waals surface area (Å²) in [5.74, 6) is 0.527. The number of rotatable bonds is 10. The summed E-state index contributed by atoms with van der Waals surface area (Å²) in [5, 5.41) is 5.93. The average molecular weight is 432 g/mol. The first-order chi connectivity index (χ1) is 15.6. The van der Waals surface area contributed by atoms with Gasteiger partial charge >= 0.3 is 0 Å². The van der Waals surface area contributed by atoms with E-state index in [1.165, 1.54) is 0 Å². The second-order valence-electron chi connectivity index (χ2n) is 7.26. The van der Waals surface area contributed by atoms with E-state index in [1.807, 2.05) is 68.4 Å². The highest BCUT2D eigenvalue weighted by Gasteiger charge is 2.13. The molecule has 0 unspecified atom stereocenters. The zero-order valence-corrected chi connectivity index (χ0v) is 18.5. The van der Waals surface area contributed by atoms with E-state index >= 15 is 0 Å². The van der Waals surface area contributed by atoms with Gasteiger partial charge in [0.1, 0.15) is 12.4 Å². The van der Waals surface area contributed by atoms with Crippen LogP contribution < -0.4 is 15.4 Å². The zero-order valence-electron chi connectivity index (χ0n) is 18.5. The molecule has 0 aliphatic carbocycles. The van der Waals surface area contributed by atoms with Crippen LogP contribution in [0.5, 0.6) is 5.75 Å². The van der Waals surface area contributed by atoms with Gasteiger partial charge in [0.2, 0.25) is 5.91 Å². The van der Waals surface area contributed by atoms with E-state index in [1.54, 1.807) is 29.2 Å². The van der Waals surface area contributed by atoms with Crippen molar-refractivity contribution >= 4 is 23.2 Å². The molecule has 0 aliphatic rings. The molecule has 32 heavy (non-hydrogen) atoms. The Balaban J connectivity index is 1.48. The summed E-state index contributed by atoms with van der Waals surface area (Å²) in [5.41, 5.74) is 3.08. The predicted octanol–water partition coefficient (Wildman–Crippen LogP) is 4.80. The summed E-state index contributed by atoms with van der Waals surface area (Å²) in [6.07, 6.45) is 0. The van der Waals surface area contributed by atoms with Crippen LogP contribution in [0.15, 0.2) is 78.9 Å². The van der Waals surface area contributed by atoms with E-state index in [4.69, 9.17) is 4.74 Å². The Morgan fingerprint density at radius 2 is 1.56 bits per heavy atom. The van der Waals surface area contributed by atoms with Crippen LogP contribution in [0.25, 0.3) is 0 Å². The molecule has 0 fully saturated rings. The standard InChI is InChI=1S/C26H29N3O3/c1-3-29(4-2)26(31)21-11-8-12-23(17-21)28-25(30)18-27-22-13-15-24(16-14-22)32-19-20-9-6-5-7-10-20/h5-17,27H,3-4,18-19H2,1-2H3,(H,28,30). The van der Waals surface area contributed by atoms with Gasteiger partial charge < -0.3 is 20.3 Å². The lowest BCUT2D eigenvalue weighted by molar-refractivity contribution is -0.114. The second-order valence-corrected chi connectivity index (χ2v) is 7.26. The molecule has 0 radical (unpaired) electrons. The van der Waals surface area contributed by atoms with Crippen LogP contribution in [-0.4, -0.2) is 36.3 Å². The summed E-state index contributed by atoms with van der Waals surface area (Å²) in [4.78, 5) is 26.6. The molecule has 0 saturated carbocycles. The second kappa shape index (κ2) is 11.6. The number of nitrogens with one attached hydrogen (secondary N) is 2. The van der Waals surface area contributed by atoms with Gasteiger partial charge in [-0.15, -0.1) is 0 Å². The maximum Gasteiger partial charge on any atom is 0.253 e. The van der Waals surface area contributed by atoms with Crippen LogP contribution in [0.4, 0.5) is 11.4 Å². The van der Waals surface area contributed by atoms with E-state index in [0.29, 0.717) is 30.9 Å². The lowest BCUT2D eigenvalue weighted by Gasteiger charge is -2.19. The van der Waals surface area contributed by atoms with Gasteiger partial charge in [-0.25, -0.2) is 0 Å². The highest BCUT2D eigenvalue weighted by Crippen LogP contribution is 2.17. The maximum atomic E-state index is 12.5. The number of amides is 2. The van der Waals surface area contributed by atoms with Crippen LogP contribution in [0.2, 0.25) is 0 Å². The summed E-state index contributed by atoms with van der Waals surface area (Å²) in [6, 6.07) is 24.5. The molecule has 0 spiro atoms. The molecule has 0 heterocycles. The summed E-state index contributed by atoms with van der Waals surface area (Å²) < 4.78 is 5.78. The molecule has 2 N–H and O–H groups in total. The van der Waals surface area contributed by atoms with Crippen LogP contribution >= 0.6 is 0 Å². The van der Waals surface area contributed by atoms with Crippen LogP contribution in [-0.2, 0) is 11.4 Å². The number of hydrogen-bond donors (Lipinski definition) is 2. The summed E-state index contributed by atoms with van der Waals surface area (Å²) in [6.45, 7) is 5.80. The van der Waals surface area contributed by atoms with Gasteiger partial charge in [-0.1, -0.05) is 36.4 Å². The highest BCUT2D eigenvalue weighted by molar-refractivity contribution is 5.98. The van der Waals surface area contributed by atoms with Crippen molar-refractivity contribution in [3.63, 3.8) is 0 Å². The van der Waals surface area contributed by atoms with E-state index < -0.39 is 0 Å². The lowest BCUT2D eigenvalue weighted by Crippen LogP contribution is -2.30. The first-order valence-corrected chi connectivity index (χ1v) is 10.8. The number of ether oxygens (including phenoxy) is 1. The minimum absolute atomic E-state index is 0.0428. The van der Waals surface area contributed by atoms with E-state index in [0.717, 1.165) is 17.0 Å². The van der Waals surface area contributed by atoms with E-state index in [9.17, 15) is 9.59 Å². The Morgan fingerprint density at radius 3 is 2.25 bits per heavy atom. The summed E-state index contributed by atoms with van der Waals surface area (Å²) in [7, 11) is 0. The molecule has 0 saturated heterocycles. The number of benzene rings is 3. The number of carbonyl (C=O) groups is 2. The lowest BCUT2D eigenvalue weighted by atomic mass is 10.1. The minimum atomic E-state index is -0.193. The molecule has 0 aromatic heterocycles. The Kier molecular flexibility index (Phi) is 8.26. The Hall–Kier alpha value is -3.80. The fraction of sp³-hybridized carbons (Fsp3) is 0.231. The number of hydrogen-bond acceptors (Lipinski definition) is 4. The van der Waals surface area contributed by atoms with Crippen molar-refractivity contribution in [2.45, 2.75) is 20.5 Å². The van der Waals surface area contributed by atoms with Gasteiger partial charge in [-0.3, -0.25) is 9.59 Å². The molecule has 6 nitrogen and oxygen atoms in total. The van der Waals surface area contributed by atoms with Crippen LogP contribution in [0, 0.1) is 0 Å². The van der Waals surface area contributed by atoms with Crippen molar-refractivity contribution in [1.29, 1.82) is 0 Å². The third kappa shape index (κ3) is 6.60. The molecule has 3 aromatic carbocycles. The molecule has 166 valence electrons. The minimum Gasteiger partial charge on any atom is -0.489 e. The smallest absolute Gasteiger partial charge is 0.253 e. The largest absolute Gasteiger partial charge is 0.489 e. The average Bonchev–Trinajstić information content (AvgIpc) is 2.83. The van der Waals surface area contributed by atoms with Gasteiger partial charge in [-0.05, 0) is 61.9 Å². The first kappa shape index (κ1) is 22.9. The van der Waals surface area contributed by atoms with E-state index in [-0.39, 0.29) is 18.4 Å². The number of carbonyl (C=O) groups excluding carboxylic acids is 2. The molecule has 0 bridgehead atoms. The maximum absolute atomic E-state index is 12.5. The van der Waals surface area contributed by atoms with Gasteiger partial charge in [-0.2, -0.15) is 0 Å². The van der Waals surface area contributed by atoms with E-state index in [2.05, 4.69) is 10.6 Å². The van der Waals surface area contributed by atoms with Crippen LogP contribution in [0.1, 0.15) is 29.8 Å². The Morgan fingerprint density at radius 1 is 0.844 bits per heavy atom. The normalized spacial score (nSPS) is 10.3. The third-order valence-corrected chi connectivity index (χ3v) is 5.00. The van der Waals surface area contributed by atoms with Crippen molar-refractivity contribution in [2.24, 2.45) is 0 Å². The Labute approximate surface area is 189 Å². The van der Waals surface area contributed by atoms with Gasteiger partial charge in [0, 0.05) is 30.0 Å². The molecule has 2 amide bonds. The van der Waals surface area contributed by atoms with Crippen molar-refractivity contribution in [1.82, 2.24) is 4.90 Å². The van der Waals surface area contributed by atoms with Gasteiger partial charge in [0.25, 0.3) is 5.91 Å². The van der Waals surface area contributed by atoms with Crippen molar-refractivity contribution in [3.05, 3.63) is 90.0 Å². The molecule has 3 aromatic rings. The molecule has 6 heteroatoms. The van der Waals surface area contributed by atoms with Crippen LogP contribution in [0.3, 0.4) is 0 Å². The zero-order chi connectivity index (χ0) is 22.8. The molecular formula is C26H29N3O3.